The number of carbonyl (C=O) groups excluding carboxylic acids is 1. The summed E-state index contributed by atoms with van der Waals surface area (Å²) in [7, 11) is 0. The number of aromatic nitrogens is 5. The van der Waals surface area contributed by atoms with Crippen LogP contribution in [0.25, 0.3) is 16.2 Å². The number of alkyl halides is 3. The summed E-state index contributed by atoms with van der Waals surface area (Å²) < 4.78 is 43.3. The van der Waals surface area contributed by atoms with Crippen molar-refractivity contribution in [3.8, 4) is 10.6 Å². The number of amides is 1. The molecule has 30 heavy (non-hydrogen) atoms. The van der Waals surface area contributed by atoms with Gasteiger partial charge < -0.3 is 5.32 Å². The van der Waals surface area contributed by atoms with E-state index in [-0.39, 0.29) is 22.1 Å². The monoisotopic (exact) mass is 454 g/mol. The van der Waals surface area contributed by atoms with Gasteiger partial charge in [-0.1, -0.05) is 17.7 Å². The molecule has 0 saturated heterocycles. The van der Waals surface area contributed by atoms with Crippen molar-refractivity contribution in [2.24, 2.45) is 0 Å². The normalized spacial score (nSPS) is 11.9. The highest BCUT2D eigenvalue weighted by Gasteiger charge is 2.37. The molecule has 0 radical (unpaired) electrons. The molecule has 0 aromatic carbocycles. The summed E-state index contributed by atoms with van der Waals surface area (Å²) in [5, 5.41) is 12.0. The molecule has 7 nitrogen and oxygen atoms in total. The van der Waals surface area contributed by atoms with Gasteiger partial charge in [0.25, 0.3) is 5.91 Å². The number of hydrogen-bond donors (Lipinski definition) is 1. The highest BCUT2D eigenvalue weighted by atomic mass is 35.5. The Morgan fingerprint density at radius 3 is 2.73 bits per heavy atom. The minimum Gasteiger partial charge on any atom is -0.318 e. The van der Waals surface area contributed by atoms with Crippen LogP contribution in [0, 0.1) is 6.92 Å². The lowest BCUT2D eigenvalue weighted by Crippen LogP contribution is -2.16. The van der Waals surface area contributed by atoms with Crippen molar-refractivity contribution in [1.82, 2.24) is 24.4 Å². The van der Waals surface area contributed by atoms with Crippen molar-refractivity contribution in [1.29, 1.82) is 0 Å². The van der Waals surface area contributed by atoms with Crippen LogP contribution in [0.1, 0.15) is 28.8 Å². The standard InChI is InChI=1S/C18H14ClF3N6OS/c1-3-27-9(2)11(8-23-27)25-17(29)15-14(19)16-24-10(12-5-4-6-30-12)7-13(18(20,21)22)28(16)26-15/h4-8H,3H2,1-2H3,(H,25,29). The van der Waals surface area contributed by atoms with Gasteiger partial charge in [0.2, 0.25) is 0 Å². The van der Waals surface area contributed by atoms with Crippen molar-refractivity contribution in [3.05, 3.63) is 51.9 Å². The van der Waals surface area contributed by atoms with Gasteiger partial charge in [0.1, 0.15) is 5.02 Å². The highest BCUT2D eigenvalue weighted by Crippen LogP contribution is 2.35. The lowest BCUT2D eigenvalue weighted by molar-refractivity contribution is -0.142. The largest absolute Gasteiger partial charge is 0.433 e. The minimum atomic E-state index is -4.73. The number of carbonyl (C=O) groups is 1. The van der Waals surface area contributed by atoms with E-state index < -0.39 is 17.8 Å². The van der Waals surface area contributed by atoms with Crippen LogP contribution >= 0.6 is 22.9 Å². The number of aryl methyl sites for hydroxylation is 1. The summed E-state index contributed by atoms with van der Waals surface area (Å²) in [4.78, 5) is 17.5. The van der Waals surface area contributed by atoms with Crippen LogP contribution in [0.2, 0.25) is 5.02 Å². The molecule has 4 aromatic heterocycles. The molecule has 0 aliphatic rings. The van der Waals surface area contributed by atoms with Gasteiger partial charge in [0.15, 0.2) is 17.0 Å². The van der Waals surface area contributed by atoms with Gasteiger partial charge in [0, 0.05) is 6.54 Å². The van der Waals surface area contributed by atoms with Crippen molar-refractivity contribution in [3.63, 3.8) is 0 Å². The van der Waals surface area contributed by atoms with E-state index in [1.807, 2.05) is 6.92 Å². The van der Waals surface area contributed by atoms with Gasteiger partial charge >= 0.3 is 6.18 Å². The van der Waals surface area contributed by atoms with Crippen LogP contribution in [0.4, 0.5) is 18.9 Å². The maximum absolute atomic E-state index is 13.7. The third kappa shape index (κ3) is 3.43. The van der Waals surface area contributed by atoms with Crippen LogP contribution < -0.4 is 5.32 Å². The van der Waals surface area contributed by atoms with Crippen LogP contribution in [-0.4, -0.2) is 30.3 Å². The van der Waals surface area contributed by atoms with E-state index >= 15 is 0 Å². The number of nitrogens with one attached hydrogen (secondary N) is 1. The summed E-state index contributed by atoms with van der Waals surface area (Å²) in [5.41, 5.74) is -0.480. The highest BCUT2D eigenvalue weighted by molar-refractivity contribution is 7.13. The Kier molecular flexibility index (Phi) is 5.02. The first-order valence-electron chi connectivity index (χ1n) is 8.74. The Hall–Kier alpha value is -2.92. The molecular weight excluding hydrogens is 441 g/mol. The average molecular weight is 455 g/mol. The Labute approximate surface area is 177 Å². The van der Waals surface area contributed by atoms with E-state index in [4.69, 9.17) is 11.6 Å². The van der Waals surface area contributed by atoms with Crippen molar-refractivity contribution >= 4 is 40.2 Å². The molecule has 0 saturated carbocycles. The quantitative estimate of drug-likeness (QED) is 0.475. The molecule has 0 fully saturated rings. The molecule has 0 atom stereocenters. The van der Waals surface area contributed by atoms with E-state index in [1.165, 1.54) is 17.5 Å². The topological polar surface area (TPSA) is 77.1 Å². The number of fused-ring (bicyclic) bond motifs is 1. The molecule has 0 aliphatic heterocycles. The van der Waals surface area contributed by atoms with E-state index in [0.717, 1.165) is 6.07 Å². The minimum absolute atomic E-state index is 0.0960. The van der Waals surface area contributed by atoms with Gasteiger partial charge in [0.05, 0.1) is 28.1 Å². The second-order valence-electron chi connectivity index (χ2n) is 6.31. The molecule has 0 spiro atoms. The molecule has 4 heterocycles. The molecule has 156 valence electrons. The second kappa shape index (κ2) is 7.40. The molecule has 0 bridgehead atoms. The van der Waals surface area contributed by atoms with Crippen LogP contribution in [-0.2, 0) is 12.7 Å². The molecule has 1 amide bonds. The number of rotatable bonds is 4. The molecule has 1 N–H and O–H groups in total. The Balaban J connectivity index is 1.82. The number of anilines is 1. The van der Waals surface area contributed by atoms with Crippen LogP contribution in [0.3, 0.4) is 0 Å². The van der Waals surface area contributed by atoms with E-state index in [2.05, 4.69) is 20.5 Å². The van der Waals surface area contributed by atoms with E-state index in [1.54, 1.807) is 29.1 Å². The first kappa shape index (κ1) is 20.4. The number of nitrogens with zero attached hydrogens (tertiary/aromatic N) is 5. The lowest BCUT2D eigenvalue weighted by atomic mass is 10.2. The number of thiophene rings is 1. The van der Waals surface area contributed by atoms with Crippen molar-refractivity contribution in [2.45, 2.75) is 26.6 Å². The summed E-state index contributed by atoms with van der Waals surface area (Å²) in [6.45, 7) is 4.25. The Bertz CT molecular complexity index is 1250. The zero-order valence-electron chi connectivity index (χ0n) is 15.7. The average Bonchev–Trinajstić information content (AvgIpc) is 3.41. The van der Waals surface area contributed by atoms with Gasteiger partial charge in [-0.3, -0.25) is 9.48 Å². The van der Waals surface area contributed by atoms with Gasteiger partial charge in [-0.25, -0.2) is 9.50 Å². The summed E-state index contributed by atoms with van der Waals surface area (Å²) >= 11 is 7.49. The zero-order valence-corrected chi connectivity index (χ0v) is 17.2. The summed E-state index contributed by atoms with van der Waals surface area (Å²) in [6, 6.07) is 4.24. The van der Waals surface area contributed by atoms with Gasteiger partial charge in [-0.15, -0.1) is 11.3 Å². The fourth-order valence-electron chi connectivity index (χ4n) is 2.96. The maximum atomic E-state index is 13.7. The zero-order chi connectivity index (χ0) is 21.6. The summed E-state index contributed by atoms with van der Waals surface area (Å²) in [6.07, 6.45) is -3.27. The van der Waals surface area contributed by atoms with E-state index in [0.29, 0.717) is 27.3 Å². The van der Waals surface area contributed by atoms with Crippen molar-refractivity contribution in [2.75, 3.05) is 5.32 Å². The third-order valence-electron chi connectivity index (χ3n) is 4.46. The second-order valence-corrected chi connectivity index (χ2v) is 7.64. The van der Waals surface area contributed by atoms with Gasteiger partial charge in [-0.05, 0) is 31.4 Å². The van der Waals surface area contributed by atoms with Crippen molar-refractivity contribution < 1.29 is 18.0 Å². The first-order chi connectivity index (χ1) is 14.2. The predicted octanol–water partition coefficient (Wildman–Crippen LogP) is 4.91. The first-order valence-corrected chi connectivity index (χ1v) is 10.0. The molecular formula is C18H14ClF3N6OS. The summed E-state index contributed by atoms with van der Waals surface area (Å²) in [5.74, 6) is -0.755. The Morgan fingerprint density at radius 1 is 1.37 bits per heavy atom. The maximum Gasteiger partial charge on any atom is 0.433 e. The molecule has 12 heteroatoms. The number of hydrogen-bond acceptors (Lipinski definition) is 5. The van der Waals surface area contributed by atoms with Crippen LogP contribution in [0.5, 0.6) is 0 Å². The third-order valence-corrected chi connectivity index (χ3v) is 5.70. The lowest BCUT2D eigenvalue weighted by Gasteiger charge is -2.10. The smallest absolute Gasteiger partial charge is 0.318 e. The fourth-order valence-corrected chi connectivity index (χ4v) is 3.89. The number of halogens is 4. The Morgan fingerprint density at radius 2 is 2.13 bits per heavy atom. The SMILES string of the molecule is CCn1ncc(NC(=O)c2nn3c(C(F)(F)F)cc(-c4cccs4)nc3c2Cl)c1C. The molecule has 0 unspecified atom stereocenters. The molecule has 4 aromatic rings. The molecule has 4 rings (SSSR count). The fraction of sp³-hybridized carbons (Fsp3) is 0.222. The molecule has 0 aliphatic carbocycles. The van der Waals surface area contributed by atoms with E-state index in [9.17, 15) is 18.0 Å². The van der Waals surface area contributed by atoms with Gasteiger partial charge in [-0.2, -0.15) is 23.4 Å². The van der Waals surface area contributed by atoms with Crippen LogP contribution in [0.15, 0.2) is 29.8 Å². The predicted molar refractivity (Wildman–Crippen MR) is 107 cm³/mol.